The second-order valence-electron chi connectivity index (χ2n) is 4.88. The van der Waals surface area contributed by atoms with Gasteiger partial charge in [0.1, 0.15) is 5.82 Å². The molecule has 0 atom stereocenters. The third-order valence-electron chi connectivity index (χ3n) is 3.34. The van der Waals surface area contributed by atoms with Crippen molar-refractivity contribution in [2.45, 2.75) is 19.8 Å². The molecule has 0 bridgehead atoms. The Morgan fingerprint density at radius 1 is 1.35 bits per heavy atom. The van der Waals surface area contributed by atoms with Gasteiger partial charge in [0.25, 0.3) is 0 Å². The van der Waals surface area contributed by atoms with Crippen LogP contribution in [-0.2, 0) is 0 Å². The summed E-state index contributed by atoms with van der Waals surface area (Å²) in [5.41, 5.74) is 0.811. The van der Waals surface area contributed by atoms with Crippen LogP contribution in [0.15, 0.2) is 6.20 Å². The molecule has 2 aromatic heterocycles. The minimum absolute atomic E-state index is 0.690. The number of nitrogens with zero attached hydrogens (tertiary/aromatic N) is 4. The molecule has 0 saturated carbocycles. The molecule has 0 aromatic carbocycles. The molecule has 3 heterocycles. The van der Waals surface area contributed by atoms with Gasteiger partial charge in [-0.2, -0.15) is 26.8 Å². The van der Waals surface area contributed by atoms with E-state index < -0.39 is 0 Å². The standard InChI is InChI=1S/C13H20N6S/c1-2-4-14-13-16-11-10(9-15-18-11)12(17-13)19-5-3-7-20-8-6-19/h9H,2-8H2,1H3,(H2,14,15,16,17,18). The second kappa shape index (κ2) is 6.30. The Kier molecular flexibility index (Phi) is 4.25. The predicted molar refractivity (Wildman–Crippen MR) is 84.6 cm³/mol. The molecular formula is C13H20N6S. The summed E-state index contributed by atoms with van der Waals surface area (Å²) in [4.78, 5) is 11.5. The first-order valence-corrected chi connectivity index (χ1v) is 8.31. The van der Waals surface area contributed by atoms with Gasteiger partial charge in [0.2, 0.25) is 5.95 Å². The number of fused-ring (bicyclic) bond motifs is 1. The molecule has 0 unspecified atom stereocenters. The van der Waals surface area contributed by atoms with Crippen LogP contribution >= 0.6 is 11.8 Å². The number of aromatic amines is 1. The number of rotatable bonds is 4. The highest BCUT2D eigenvalue weighted by Gasteiger charge is 2.17. The van der Waals surface area contributed by atoms with Crippen molar-refractivity contribution in [1.82, 2.24) is 20.2 Å². The van der Waals surface area contributed by atoms with E-state index in [1.165, 1.54) is 12.2 Å². The Hall–Kier alpha value is -1.50. The Labute approximate surface area is 122 Å². The summed E-state index contributed by atoms with van der Waals surface area (Å²) in [7, 11) is 0. The first-order valence-electron chi connectivity index (χ1n) is 7.16. The third kappa shape index (κ3) is 2.82. The van der Waals surface area contributed by atoms with Crippen LogP contribution in [0.1, 0.15) is 19.8 Å². The SMILES string of the molecule is CCCNc1nc(N2CCCSCC2)c2cn[nH]c2n1. The Bertz CT molecular complexity index is 561. The van der Waals surface area contributed by atoms with E-state index in [2.05, 4.69) is 32.3 Å². The topological polar surface area (TPSA) is 69.7 Å². The van der Waals surface area contributed by atoms with Gasteiger partial charge in [-0.15, -0.1) is 0 Å². The van der Waals surface area contributed by atoms with Crippen molar-refractivity contribution in [2.24, 2.45) is 0 Å². The number of hydrogen-bond acceptors (Lipinski definition) is 6. The fraction of sp³-hybridized carbons (Fsp3) is 0.615. The summed E-state index contributed by atoms with van der Waals surface area (Å²) in [6.45, 7) is 5.11. The van der Waals surface area contributed by atoms with Crippen molar-refractivity contribution in [3.05, 3.63) is 6.20 Å². The molecule has 0 aliphatic carbocycles. The lowest BCUT2D eigenvalue weighted by Gasteiger charge is -2.22. The van der Waals surface area contributed by atoms with E-state index in [1.54, 1.807) is 0 Å². The van der Waals surface area contributed by atoms with E-state index in [0.717, 1.165) is 48.7 Å². The largest absolute Gasteiger partial charge is 0.355 e. The molecule has 0 spiro atoms. The Balaban J connectivity index is 1.95. The van der Waals surface area contributed by atoms with Crippen LogP contribution in [0.25, 0.3) is 11.0 Å². The molecule has 3 rings (SSSR count). The number of H-pyrrole nitrogens is 1. The maximum Gasteiger partial charge on any atom is 0.226 e. The summed E-state index contributed by atoms with van der Waals surface area (Å²) >= 11 is 2.02. The number of nitrogens with one attached hydrogen (secondary N) is 2. The first kappa shape index (κ1) is 13.5. The van der Waals surface area contributed by atoms with Crippen LogP contribution in [0.4, 0.5) is 11.8 Å². The zero-order chi connectivity index (χ0) is 13.8. The molecule has 2 N–H and O–H groups in total. The maximum absolute atomic E-state index is 4.71. The van der Waals surface area contributed by atoms with Gasteiger partial charge in [0.05, 0.1) is 11.6 Å². The second-order valence-corrected chi connectivity index (χ2v) is 6.11. The highest BCUT2D eigenvalue weighted by atomic mass is 32.2. The van der Waals surface area contributed by atoms with Crippen LogP contribution < -0.4 is 10.2 Å². The van der Waals surface area contributed by atoms with Gasteiger partial charge in [-0.25, -0.2) is 0 Å². The molecule has 1 saturated heterocycles. The lowest BCUT2D eigenvalue weighted by molar-refractivity contribution is 0.803. The molecule has 108 valence electrons. The number of hydrogen-bond donors (Lipinski definition) is 2. The molecule has 1 fully saturated rings. The van der Waals surface area contributed by atoms with Crippen LogP contribution in [0.2, 0.25) is 0 Å². The third-order valence-corrected chi connectivity index (χ3v) is 4.39. The van der Waals surface area contributed by atoms with Crippen molar-refractivity contribution < 1.29 is 0 Å². The first-order chi connectivity index (χ1) is 9.88. The number of aromatic nitrogens is 4. The molecule has 2 aromatic rings. The van der Waals surface area contributed by atoms with E-state index in [0.29, 0.717) is 5.95 Å². The normalized spacial score (nSPS) is 16.4. The predicted octanol–water partition coefficient (Wildman–Crippen LogP) is 2.12. The molecule has 0 amide bonds. The van der Waals surface area contributed by atoms with Gasteiger partial charge in [0.15, 0.2) is 5.65 Å². The van der Waals surface area contributed by atoms with Gasteiger partial charge < -0.3 is 10.2 Å². The van der Waals surface area contributed by atoms with Crippen molar-refractivity contribution in [3.8, 4) is 0 Å². The Morgan fingerprint density at radius 3 is 3.20 bits per heavy atom. The van der Waals surface area contributed by atoms with Gasteiger partial charge in [0, 0.05) is 25.4 Å². The van der Waals surface area contributed by atoms with E-state index in [-0.39, 0.29) is 0 Å². The lowest BCUT2D eigenvalue weighted by atomic mass is 10.3. The zero-order valence-electron chi connectivity index (χ0n) is 11.7. The summed E-state index contributed by atoms with van der Waals surface area (Å²) in [6, 6.07) is 0. The van der Waals surface area contributed by atoms with Crippen molar-refractivity contribution in [3.63, 3.8) is 0 Å². The molecule has 6 nitrogen and oxygen atoms in total. The van der Waals surface area contributed by atoms with Crippen LogP contribution in [0.5, 0.6) is 0 Å². The Morgan fingerprint density at radius 2 is 2.30 bits per heavy atom. The van der Waals surface area contributed by atoms with E-state index in [9.17, 15) is 0 Å². The van der Waals surface area contributed by atoms with E-state index in [4.69, 9.17) is 4.98 Å². The summed E-state index contributed by atoms with van der Waals surface area (Å²) in [6.07, 6.45) is 4.08. The summed E-state index contributed by atoms with van der Waals surface area (Å²) in [5.74, 6) is 4.08. The molecule has 7 heteroatoms. The van der Waals surface area contributed by atoms with E-state index in [1.807, 2.05) is 18.0 Å². The zero-order valence-corrected chi connectivity index (χ0v) is 12.5. The number of thioether (sulfide) groups is 1. The van der Waals surface area contributed by atoms with Crippen molar-refractivity contribution >= 4 is 34.6 Å². The molecule has 0 radical (unpaired) electrons. The minimum atomic E-state index is 0.690. The number of anilines is 2. The van der Waals surface area contributed by atoms with Gasteiger partial charge in [-0.1, -0.05) is 6.92 Å². The minimum Gasteiger partial charge on any atom is -0.355 e. The summed E-state index contributed by atoms with van der Waals surface area (Å²) < 4.78 is 0. The average molecular weight is 292 g/mol. The quantitative estimate of drug-likeness (QED) is 0.899. The lowest BCUT2D eigenvalue weighted by Crippen LogP contribution is -2.27. The van der Waals surface area contributed by atoms with Crippen LogP contribution in [0, 0.1) is 0 Å². The molecule has 20 heavy (non-hydrogen) atoms. The average Bonchev–Trinajstić information content (AvgIpc) is 2.77. The van der Waals surface area contributed by atoms with Crippen LogP contribution in [-0.4, -0.2) is 51.3 Å². The van der Waals surface area contributed by atoms with Gasteiger partial charge in [-0.3, -0.25) is 5.10 Å². The highest BCUT2D eigenvalue weighted by molar-refractivity contribution is 7.99. The fourth-order valence-electron chi connectivity index (χ4n) is 2.33. The smallest absolute Gasteiger partial charge is 0.226 e. The van der Waals surface area contributed by atoms with Crippen molar-refractivity contribution in [1.29, 1.82) is 0 Å². The van der Waals surface area contributed by atoms with Gasteiger partial charge in [-0.05, 0) is 18.6 Å². The van der Waals surface area contributed by atoms with Crippen LogP contribution in [0.3, 0.4) is 0 Å². The molecule has 1 aliphatic heterocycles. The molecular weight excluding hydrogens is 272 g/mol. The monoisotopic (exact) mass is 292 g/mol. The maximum atomic E-state index is 4.71. The van der Waals surface area contributed by atoms with Gasteiger partial charge >= 0.3 is 0 Å². The highest BCUT2D eigenvalue weighted by Crippen LogP contribution is 2.25. The van der Waals surface area contributed by atoms with Crippen molar-refractivity contribution in [2.75, 3.05) is 41.4 Å². The fourth-order valence-corrected chi connectivity index (χ4v) is 3.22. The van der Waals surface area contributed by atoms with E-state index >= 15 is 0 Å². The molecule has 1 aliphatic rings. The summed E-state index contributed by atoms with van der Waals surface area (Å²) in [5, 5.41) is 11.4.